The first-order chi connectivity index (χ1) is 8.66. The molecule has 3 heteroatoms. The van der Waals surface area contributed by atoms with Crippen molar-refractivity contribution in [3.63, 3.8) is 0 Å². The number of nitrogens with zero attached hydrogens (tertiary/aromatic N) is 2. The van der Waals surface area contributed by atoms with Gasteiger partial charge in [0.05, 0.1) is 6.33 Å². The second kappa shape index (κ2) is 4.09. The van der Waals surface area contributed by atoms with Crippen LogP contribution in [-0.4, -0.2) is 9.55 Å². The number of benzene rings is 1. The van der Waals surface area contributed by atoms with E-state index in [1.807, 2.05) is 24.7 Å². The topological polar surface area (TPSA) is 41.7 Å². The van der Waals surface area contributed by atoms with Crippen molar-refractivity contribution < 1.29 is 0 Å². The van der Waals surface area contributed by atoms with E-state index in [-0.39, 0.29) is 0 Å². The molecule has 0 radical (unpaired) electrons. The number of fused-ring (bicyclic) bond motifs is 1. The minimum absolute atomic E-state index is 0.349. The molecule has 0 spiro atoms. The predicted octanol–water partition coefficient (Wildman–Crippen LogP) is 2.32. The van der Waals surface area contributed by atoms with Crippen molar-refractivity contribution in [1.82, 2.24) is 9.55 Å². The Labute approximate surface area is 107 Å². The Balaban J connectivity index is 2.01. The molecule has 92 valence electrons. The first kappa shape index (κ1) is 11.2. The van der Waals surface area contributed by atoms with Gasteiger partial charge in [-0.3, -0.25) is 5.41 Å². The molecule has 3 rings (SSSR count). The average Bonchev–Trinajstić information content (AvgIpc) is 2.79. The quantitative estimate of drug-likeness (QED) is 0.815. The highest BCUT2D eigenvalue weighted by Crippen LogP contribution is 2.28. The summed E-state index contributed by atoms with van der Waals surface area (Å²) in [5.41, 5.74) is 5.35. The highest BCUT2D eigenvalue weighted by molar-refractivity contribution is 5.33. The van der Waals surface area contributed by atoms with Crippen molar-refractivity contribution >= 4 is 0 Å². The fourth-order valence-electron chi connectivity index (χ4n) is 2.68. The van der Waals surface area contributed by atoms with Gasteiger partial charge < -0.3 is 4.57 Å². The van der Waals surface area contributed by atoms with Crippen molar-refractivity contribution in [2.24, 2.45) is 0 Å². The minimum Gasteiger partial charge on any atom is -0.314 e. The Hall–Kier alpha value is -1.90. The third kappa shape index (κ3) is 1.67. The summed E-state index contributed by atoms with van der Waals surface area (Å²) < 4.78 is 2.02. The highest BCUT2D eigenvalue weighted by atomic mass is 15.1. The van der Waals surface area contributed by atoms with E-state index in [9.17, 15) is 0 Å². The Morgan fingerprint density at radius 1 is 1.17 bits per heavy atom. The molecule has 0 saturated heterocycles. The Bertz CT molecular complexity index is 630. The Morgan fingerprint density at radius 3 is 2.39 bits per heavy atom. The molecule has 1 aromatic carbocycles. The number of aryl methyl sites for hydroxylation is 1. The molecule has 0 bridgehead atoms. The van der Waals surface area contributed by atoms with Crippen molar-refractivity contribution in [2.45, 2.75) is 32.7 Å². The van der Waals surface area contributed by atoms with Gasteiger partial charge in [-0.25, -0.2) is 4.98 Å². The van der Waals surface area contributed by atoms with E-state index in [2.05, 4.69) is 29.2 Å². The standard InChI is InChI=1S/C15H17N3/c1-10-11(2)17-9-18(15(10)16)14-7-12-5-3-4-6-13(12)8-14/h3-6,9,14,16H,7-8H2,1-2H3. The molecule has 0 amide bonds. The van der Waals surface area contributed by atoms with Crippen molar-refractivity contribution in [3.8, 4) is 0 Å². The van der Waals surface area contributed by atoms with E-state index in [0.29, 0.717) is 11.5 Å². The van der Waals surface area contributed by atoms with Gasteiger partial charge in [0, 0.05) is 17.3 Å². The summed E-state index contributed by atoms with van der Waals surface area (Å²) in [6, 6.07) is 8.90. The third-order valence-corrected chi connectivity index (χ3v) is 3.95. The summed E-state index contributed by atoms with van der Waals surface area (Å²) in [6.45, 7) is 3.93. The maximum atomic E-state index is 8.23. The molecule has 1 heterocycles. The minimum atomic E-state index is 0.349. The molecular formula is C15H17N3. The lowest BCUT2D eigenvalue weighted by Crippen LogP contribution is -2.28. The van der Waals surface area contributed by atoms with Crippen LogP contribution in [0.3, 0.4) is 0 Å². The number of aromatic nitrogens is 2. The second-order valence-electron chi connectivity index (χ2n) is 5.04. The van der Waals surface area contributed by atoms with Crippen LogP contribution in [0, 0.1) is 19.3 Å². The first-order valence-corrected chi connectivity index (χ1v) is 6.32. The van der Waals surface area contributed by atoms with E-state index < -0.39 is 0 Å². The normalized spacial score (nSPS) is 14.8. The first-order valence-electron chi connectivity index (χ1n) is 6.32. The summed E-state index contributed by atoms with van der Waals surface area (Å²) >= 11 is 0. The zero-order chi connectivity index (χ0) is 12.7. The number of rotatable bonds is 1. The maximum absolute atomic E-state index is 8.23. The second-order valence-corrected chi connectivity index (χ2v) is 5.04. The molecule has 0 unspecified atom stereocenters. The van der Waals surface area contributed by atoms with Crippen LogP contribution in [0.1, 0.15) is 28.4 Å². The predicted molar refractivity (Wildman–Crippen MR) is 70.4 cm³/mol. The zero-order valence-corrected chi connectivity index (χ0v) is 10.8. The van der Waals surface area contributed by atoms with Crippen LogP contribution in [0.25, 0.3) is 0 Å². The molecule has 2 aromatic rings. The van der Waals surface area contributed by atoms with E-state index in [1.165, 1.54) is 11.1 Å². The van der Waals surface area contributed by atoms with Gasteiger partial charge >= 0.3 is 0 Å². The molecule has 1 aromatic heterocycles. The Kier molecular flexibility index (Phi) is 2.54. The lowest BCUT2D eigenvalue weighted by molar-refractivity contribution is 0.491. The largest absolute Gasteiger partial charge is 0.314 e. The summed E-state index contributed by atoms with van der Waals surface area (Å²) in [6.07, 6.45) is 3.84. The van der Waals surface area contributed by atoms with Crippen molar-refractivity contribution in [1.29, 1.82) is 5.41 Å². The number of hydrogen-bond acceptors (Lipinski definition) is 2. The summed E-state index contributed by atoms with van der Waals surface area (Å²) in [5, 5.41) is 8.23. The van der Waals surface area contributed by atoms with Gasteiger partial charge in [-0.05, 0) is 37.8 Å². The summed E-state index contributed by atoms with van der Waals surface area (Å²) in [7, 11) is 0. The molecule has 0 fully saturated rings. The van der Waals surface area contributed by atoms with Crippen LogP contribution in [0.4, 0.5) is 0 Å². The molecular weight excluding hydrogens is 222 g/mol. The van der Waals surface area contributed by atoms with Crippen LogP contribution in [-0.2, 0) is 12.8 Å². The van der Waals surface area contributed by atoms with Gasteiger partial charge in [0.25, 0.3) is 0 Å². The highest BCUT2D eigenvalue weighted by Gasteiger charge is 2.22. The third-order valence-electron chi connectivity index (χ3n) is 3.95. The van der Waals surface area contributed by atoms with Crippen LogP contribution in [0.2, 0.25) is 0 Å². The van der Waals surface area contributed by atoms with Crippen LogP contribution in [0.15, 0.2) is 30.6 Å². The summed E-state index contributed by atoms with van der Waals surface area (Å²) in [5.74, 6) is 0. The average molecular weight is 239 g/mol. The fourth-order valence-corrected chi connectivity index (χ4v) is 2.68. The van der Waals surface area contributed by atoms with Gasteiger partial charge in [0.1, 0.15) is 5.49 Å². The lowest BCUT2D eigenvalue weighted by atomic mass is 10.1. The van der Waals surface area contributed by atoms with E-state index in [4.69, 9.17) is 5.41 Å². The van der Waals surface area contributed by atoms with Crippen LogP contribution < -0.4 is 5.49 Å². The lowest BCUT2D eigenvalue weighted by Gasteiger charge is -2.15. The van der Waals surface area contributed by atoms with Crippen molar-refractivity contribution in [2.75, 3.05) is 0 Å². The number of hydrogen-bond donors (Lipinski definition) is 1. The SMILES string of the molecule is Cc1ncn(C2Cc3ccccc3C2)c(=N)c1C. The van der Waals surface area contributed by atoms with E-state index in [1.54, 1.807) is 0 Å². The van der Waals surface area contributed by atoms with Crippen molar-refractivity contribution in [3.05, 3.63) is 58.5 Å². The number of nitrogens with one attached hydrogen (secondary N) is 1. The van der Waals surface area contributed by atoms with Crippen LogP contribution >= 0.6 is 0 Å². The monoisotopic (exact) mass is 239 g/mol. The van der Waals surface area contributed by atoms with Crippen LogP contribution in [0.5, 0.6) is 0 Å². The molecule has 1 N–H and O–H groups in total. The summed E-state index contributed by atoms with van der Waals surface area (Å²) in [4.78, 5) is 4.39. The van der Waals surface area contributed by atoms with E-state index in [0.717, 1.165) is 24.1 Å². The molecule has 18 heavy (non-hydrogen) atoms. The zero-order valence-electron chi connectivity index (χ0n) is 10.8. The molecule has 1 aliphatic carbocycles. The molecule has 0 atom stereocenters. The molecule has 0 aliphatic heterocycles. The van der Waals surface area contributed by atoms with Gasteiger partial charge in [0.2, 0.25) is 0 Å². The smallest absolute Gasteiger partial charge is 0.130 e. The molecule has 1 aliphatic rings. The fraction of sp³-hybridized carbons (Fsp3) is 0.333. The maximum Gasteiger partial charge on any atom is 0.130 e. The van der Waals surface area contributed by atoms with E-state index >= 15 is 0 Å². The van der Waals surface area contributed by atoms with Gasteiger partial charge in [0.15, 0.2) is 0 Å². The van der Waals surface area contributed by atoms with Gasteiger partial charge in [-0.1, -0.05) is 24.3 Å². The van der Waals surface area contributed by atoms with Gasteiger partial charge in [-0.2, -0.15) is 0 Å². The molecule has 0 saturated carbocycles. The van der Waals surface area contributed by atoms with Gasteiger partial charge in [-0.15, -0.1) is 0 Å². The molecule has 3 nitrogen and oxygen atoms in total. The Morgan fingerprint density at radius 2 is 1.78 bits per heavy atom.